The quantitative estimate of drug-likeness (QED) is 0.768. The summed E-state index contributed by atoms with van der Waals surface area (Å²) < 4.78 is 32.3. The zero-order valence-electron chi connectivity index (χ0n) is 11.2. The number of ether oxygens (including phenoxy) is 1. The van der Waals surface area contributed by atoms with Gasteiger partial charge in [-0.3, -0.25) is 0 Å². The maximum absolute atomic E-state index is 11.0. The zero-order valence-corrected chi connectivity index (χ0v) is 12.0. The summed E-state index contributed by atoms with van der Waals surface area (Å²) in [5.74, 6) is 1.16. The summed E-state index contributed by atoms with van der Waals surface area (Å²) in [6, 6.07) is 16.5. The van der Waals surface area contributed by atoms with E-state index in [1.165, 1.54) is 0 Å². The van der Waals surface area contributed by atoms with Crippen LogP contribution in [0.1, 0.15) is 5.56 Å². The van der Waals surface area contributed by atoms with E-state index >= 15 is 0 Å². The van der Waals surface area contributed by atoms with Crippen LogP contribution in [-0.2, 0) is 16.5 Å². The van der Waals surface area contributed by atoms with Crippen molar-refractivity contribution < 1.29 is 17.3 Å². The molecule has 0 N–H and O–H groups in total. The first-order chi connectivity index (χ1) is 9.53. The van der Waals surface area contributed by atoms with Gasteiger partial charge in [0.1, 0.15) is 11.5 Å². The summed E-state index contributed by atoms with van der Waals surface area (Å²) in [7, 11) is -3.47. The van der Waals surface area contributed by atoms with Gasteiger partial charge in [-0.15, -0.1) is 0 Å². The summed E-state index contributed by atoms with van der Waals surface area (Å²) >= 11 is 0. The molecule has 4 nitrogen and oxygen atoms in total. The van der Waals surface area contributed by atoms with E-state index < -0.39 is 10.1 Å². The Hall–Kier alpha value is -2.01. The monoisotopic (exact) mass is 292 g/mol. The van der Waals surface area contributed by atoms with Gasteiger partial charge in [0.05, 0.1) is 12.9 Å². The highest BCUT2D eigenvalue weighted by Gasteiger charge is 2.04. The number of para-hydroxylation sites is 1. The Labute approximate surface area is 119 Å². The SMILES string of the molecule is CS(=O)(=O)Oc1ccc(CCOc2ccccc2)cc1. The lowest BCUT2D eigenvalue weighted by Gasteiger charge is -2.07. The third-order valence-electron chi connectivity index (χ3n) is 2.57. The van der Waals surface area contributed by atoms with Gasteiger partial charge < -0.3 is 8.92 Å². The molecule has 0 radical (unpaired) electrons. The van der Waals surface area contributed by atoms with E-state index in [0.717, 1.165) is 24.0 Å². The Morgan fingerprint density at radius 3 is 2.15 bits per heavy atom. The number of benzene rings is 2. The first-order valence-electron chi connectivity index (χ1n) is 6.19. The lowest BCUT2D eigenvalue weighted by atomic mass is 10.1. The Bertz CT molecular complexity index is 633. The molecule has 20 heavy (non-hydrogen) atoms. The van der Waals surface area contributed by atoms with E-state index in [0.29, 0.717) is 12.4 Å². The van der Waals surface area contributed by atoms with Crippen LogP contribution in [0.4, 0.5) is 0 Å². The van der Waals surface area contributed by atoms with Gasteiger partial charge in [-0.1, -0.05) is 30.3 Å². The third kappa shape index (κ3) is 4.93. The van der Waals surface area contributed by atoms with Gasteiger partial charge in [-0.25, -0.2) is 0 Å². The molecule has 0 fully saturated rings. The number of hydrogen-bond acceptors (Lipinski definition) is 4. The van der Waals surface area contributed by atoms with Gasteiger partial charge in [0.2, 0.25) is 0 Å². The first kappa shape index (κ1) is 14.4. The minimum Gasteiger partial charge on any atom is -0.493 e. The second-order valence-corrected chi connectivity index (χ2v) is 5.92. The predicted molar refractivity (Wildman–Crippen MR) is 77.6 cm³/mol. The molecule has 2 aromatic rings. The van der Waals surface area contributed by atoms with Gasteiger partial charge in [-0.05, 0) is 29.8 Å². The lowest BCUT2D eigenvalue weighted by molar-refractivity contribution is 0.322. The maximum atomic E-state index is 11.0. The molecule has 0 aromatic heterocycles. The lowest BCUT2D eigenvalue weighted by Crippen LogP contribution is -2.06. The summed E-state index contributed by atoms with van der Waals surface area (Å²) in [4.78, 5) is 0. The molecule has 5 heteroatoms. The minimum atomic E-state index is -3.47. The average Bonchev–Trinajstić information content (AvgIpc) is 2.40. The topological polar surface area (TPSA) is 52.6 Å². The molecule has 0 heterocycles. The van der Waals surface area contributed by atoms with Crippen molar-refractivity contribution in [3.8, 4) is 11.5 Å². The van der Waals surface area contributed by atoms with Gasteiger partial charge in [0, 0.05) is 6.42 Å². The van der Waals surface area contributed by atoms with Crippen molar-refractivity contribution >= 4 is 10.1 Å². The van der Waals surface area contributed by atoms with Crippen molar-refractivity contribution in [3.05, 3.63) is 60.2 Å². The van der Waals surface area contributed by atoms with Crippen LogP contribution in [0.5, 0.6) is 11.5 Å². The fourth-order valence-corrected chi connectivity index (χ4v) is 2.15. The summed E-state index contributed by atoms with van der Waals surface area (Å²) in [6.07, 6.45) is 1.77. The molecular weight excluding hydrogens is 276 g/mol. The molecule has 0 spiro atoms. The number of rotatable bonds is 6. The Kier molecular flexibility index (Phi) is 4.63. The van der Waals surface area contributed by atoms with E-state index in [2.05, 4.69) is 0 Å². The molecule has 106 valence electrons. The van der Waals surface area contributed by atoms with Gasteiger partial charge >= 0.3 is 10.1 Å². The van der Waals surface area contributed by atoms with E-state index in [-0.39, 0.29) is 0 Å². The summed E-state index contributed by atoms with van der Waals surface area (Å²) in [5, 5.41) is 0. The van der Waals surface area contributed by atoms with Crippen molar-refractivity contribution in [2.45, 2.75) is 6.42 Å². The zero-order chi connectivity index (χ0) is 14.4. The van der Waals surface area contributed by atoms with Crippen molar-refractivity contribution in [2.24, 2.45) is 0 Å². The van der Waals surface area contributed by atoms with Gasteiger partial charge in [-0.2, -0.15) is 8.42 Å². The molecule has 0 aliphatic heterocycles. The van der Waals surface area contributed by atoms with Crippen molar-refractivity contribution in [1.82, 2.24) is 0 Å². The molecule has 0 saturated heterocycles. The second-order valence-electron chi connectivity index (χ2n) is 4.34. The smallest absolute Gasteiger partial charge is 0.306 e. The van der Waals surface area contributed by atoms with Crippen LogP contribution in [0, 0.1) is 0 Å². The molecule has 0 saturated carbocycles. The van der Waals surface area contributed by atoms with Crippen molar-refractivity contribution in [3.63, 3.8) is 0 Å². The highest BCUT2D eigenvalue weighted by Crippen LogP contribution is 2.15. The Morgan fingerprint density at radius 1 is 0.900 bits per heavy atom. The van der Waals surface area contributed by atoms with Gasteiger partial charge in [0.15, 0.2) is 0 Å². The maximum Gasteiger partial charge on any atom is 0.306 e. The van der Waals surface area contributed by atoms with Crippen LogP contribution in [0.2, 0.25) is 0 Å². The van der Waals surface area contributed by atoms with Crippen LogP contribution in [-0.4, -0.2) is 21.3 Å². The normalized spacial score (nSPS) is 11.1. The second kappa shape index (κ2) is 6.43. The van der Waals surface area contributed by atoms with E-state index in [9.17, 15) is 8.42 Å². The van der Waals surface area contributed by atoms with Crippen LogP contribution in [0.3, 0.4) is 0 Å². The molecule has 0 unspecified atom stereocenters. The third-order valence-corrected chi connectivity index (χ3v) is 3.07. The fraction of sp³-hybridized carbons (Fsp3) is 0.200. The van der Waals surface area contributed by atoms with Crippen LogP contribution < -0.4 is 8.92 Å². The van der Waals surface area contributed by atoms with E-state index in [1.807, 2.05) is 42.5 Å². The fourth-order valence-electron chi connectivity index (χ4n) is 1.69. The summed E-state index contributed by atoms with van der Waals surface area (Å²) in [5.41, 5.74) is 1.06. The molecule has 0 bridgehead atoms. The molecule has 2 aromatic carbocycles. The van der Waals surface area contributed by atoms with Crippen LogP contribution >= 0.6 is 0 Å². The highest BCUT2D eigenvalue weighted by molar-refractivity contribution is 7.86. The Morgan fingerprint density at radius 2 is 1.55 bits per heavy atom. The standard InChI is InChI=1S/C15H16O4S/c1-20(16,17)19-15-9-7-13(8-10-15)11-12-18-14-5-3-2-4-6-14/h2-10H,11-12H2,1H3. The molecule has 0 aliphatic carbocycles. The molecule has 0 atom stereocenters. The molecular formula is C15H16O4S. The number of hydrogen-bond donors (Lipinski definition) is 0. The van der Waals surface area contributed by atoms with Crippen LogP contribution in [0.15, 0.2) is 54.6 Å². The Balaban J connectivity index is 1.85. The largest absolute Gasteiger partial charge is 0.493 e. The molecule has 2 rings (SSSR count). The minimum absolute atomic E-state index is 0.320. The highest BCUT2D eigenvalue weighted by atomic mass is 32.2. The van der Waals surface area contributed by atoms with E-state index in [4.69, 9.17) is 8.92 Å². The van der Waals surface area contributed by atoms with Gasteiger partial charge in [0.25, 0.3) is 0 Å². The summed E-state index contributed by atoms with van der Waals surface area (Å²) in [6.45, 7) is 0.566. The van der Waals surface area contributed by atoms with Crippen molar-refractivity contribution in [2.75, 3.05) is 12.9 Å². The van der Waals surface area contributed by atoms with Crippen molar-refractivity contribution in [1.29, 1.82) is 0 Å². The predicted octanol–water partition coefficient (Wildman–Crippen LogP) is 2.65. The van der Waals surface area contributed by atoms with E-state index in [1.54, 1.807) is 12.1 Å². The molecule has 0 amide bonds. The van der Waals surface area contributed by atoms with Crippen LogP contribution in [0.25, 0.3) is 0 Å². The average molecular weight is 292 g/mol. The molecule has 0 aliphatic rings. The first-order valence-corrected chi connectivity index (χ1v) is 8.01.